The van der Waals surface area contributed by atoms with Gasteiger partial charge in [0.15, 0.2) is 5.11 Å². The van der Waals surface area contributed by atoms with Gasteiger partial charge < -0.3 is 9.84 Å². The number of halogens is 1. The first-order chi connectivity index (χ1) is 12.1. The minimum absolute atomic E-state index is 0.176. The molecule has 9 heteroatoms. The van der Waals surface area contributed by atoms with E-state index in [2.05, 4.69) is 26.3 Å². The Morgan fingerprint density at radius 1 is 1.04 bits per heavy atom. The molecule has 0 atom stereocenters. The lowest BCUT2D eigenvalue weighted by Crippen LogP contribution is -2.43. The Balaban J connectivity index is 1.57. The maximum atomic E-state index is 12.9. The number of amides is 1. The summed E-state index contributed by atoms with van der Waals surface area (Å²) in [6, 6.07) is 14.7. The van der Waals surface area contributed by atoms with Gasteiger partial charge in [-0.3, -0.25) is 15.6 Å². The van der Waals surface area contributed by atoms with Gasteiger partial charge in [-0.15, -0.1) is 0 Å². The zero-order valence-corrected chi connectivity index (χ0v) is 13.5. The summed E-state index contributed by atoms with van der Waals surface area (Å²) in [7, 11) is 0. The van der Waals surface area contributed by atoms with Gasteiger partial charge in [-0.25, -0.2) is 4.39 Å². The molecule has 7 nitrogen and oxygen atoms in total. The number of para-hydroxylation sites is 1. The van der Waals surface area contributed by atoms with E-state index in [9.17, 15) is 9.18 Å². The first-order valence-electron chi connectivity index (χ1n) is 7.14. The van der Waals surface area contributed by atoms with Crippen molar-refractivity contribution in [1.29, 1.82) is 0 Å². The fourth-order valence-electron chi connectivity index (χ4n) is 1.88. The lowest BCUT2D eigenvalue weighted by Gasteiger charge is -2.09. The molecule has 0 fully saturated rings. The summed E-state index contributed by atoms with van der Waals surface area (Å²) in [4.78, 5) is 15.9. The van der Waals surface area contributed by atoms with Gasteiger partial charge in [0.05, 0.1) is 0 Å². The molecule has 0 spiro atoms. The average molecular weight is 357 g/mol. The fourth-order valence-corrected chi connectivity index (χ4v) is 2.05. The molecule has 0 aliphatic carbocycles. The van der Waals surface area contributed by atoms with E-state index in [4.69, 9.17) is 16.7 Å². The molecule has 0 unspecified atom stereocenters. The number of hydrogen-bond acceptors (Lipinski definition) is 5. The van der Waals surface area contributed by atoms with E-state index in [0.29, 0.717) is 5.56 Å². The Morgan fingerprint density at radius 2 is 1.76 bits per heavy atom. The number of carbonyl (C=O) groups is 1. The highest BCUT2D eigenvalue weighted by Gasteiger charge is 2.16. The normalized spacial score (nSPS) is 10.1. The Morgan fingerprint density at radius 3 is 2.48 bits per heavy atom. The van der Waals surface area contributed by atoms with E-state index in [1.807, 2.05) is 30.3 Å². The fraction of sp³-hybridized carbons (Fsp3) is 0. The van der Waals surface area contributed by atoms with Gasteiger partial charge in [-0.1, -0.05) is 23.4 Å². The summed E-state index contributed by atoms with van der Waals surface area (Å²) in [6.07, 6.45) is 0. The quantitative estimate of drug-likeness (QED) is 0.490. The van der Waals surface area contributed by atoms with E-state index >= 15 is 0 Å². The minimum atomic E-state index is -0.655. The van der Waals surface area contributed by atoms with Crippen LogP contribution in [0.4, 0.5) is 10.1 Å². The number of rotatable bonds is 3. The smallest absolute Gasteiger partial charge is 0.328 e. The van der Waals surface area contributed by atoms with E-state index < -0.39 is 5.91 Å². The number of benzene rings is 2. The first-order valence-corrected chi connectivity index (χ1v) is 7.55. The molecule has 0 aliphatic rings. The van der Waals surface area contributed by atoms with Gasteiger partial charge in [-0.2, -0.15) is 4.98 Å². The standard InChI is InChI=1S/C16H12FN5O2S/c17-11-8-6-10(7-9-11)13-19-15(24-22-13)14(23)20-21-16(25)18-12-4-2-1-3-5-12/h1-9H,(H,20,23)(H2,18,21,25). The third-order valence-electron chi connectivity index (χ3n) is 3.04. The Labute approximate surface area is 147 Å². The van der Waals surface area contributed by atoms with E-state index in [0.717, 1.165) is 5.69 Å². The van der Waals surface area contributed by atoms with E-state index in [1.165, 1.54) is 24.3 Å². The maximum Gasteiger partial charge on any atom is 0.328 e. The lowest BCUT2D eigenvalue weighted by atomic mass is 10.2. The number of nitrogens with zero attached hydrogens (tertiary/aromatic N) is 2. The summed E-state index contributed by atoms with van der Waals surface area (Å²) in [5, 5.41) is 6.77. The molecule has 25 heavy (non-hydrogen) atoms. The lowest BCUT2D eigenvalue weighted by molar-refractivity contribution is 0.0900. The highest BCUT2D eigenvalue weighted by atomic mass is 32.1. The number of thiocarbonyl (C=S) groups is 1. The van der Waals surface area contributed by atoms with Crippen molar-refractivity contribution >= 4 is 28.9 Å². The zero-order chi connectivity index (χ0) is 17.6. The second-order valence-electron chi connectivity index (χ2n) is 4.83. The predicted molar refractivity (Wildman–Crippen MR) is 93.0 cm³/mol. The van der Waals surface area contributed by atoms with Crippen molar-refractivity contribution in [3.05, 3.63) is 66.3 Å². The van der Waals surface area contributed by atoms with Gasteiger partial charge in [0, 0.05) is 11.3 Å². The molecular weight excluding hydrogens is 345 g/mol. The molecule has 2 aromatic carbocycles. The van der Waals surface area contributed by atoms with Crippen LogP contribution in [0.25, 0.3) is 11.4 Å². The van der Waals surface area contributed by atoms with Crippen LogP contribution in [-0.4, -0.2) is 21.2 Å². The van der Waals surface area contributed by atoms with Crippen LogP contribution in [0.1, 0.15) is 10.7 Å². The third kappa shape index (κ3) is 4.36. The number of aromatic nitrogens is 2. The molecule has 0 bridgehead atoms. The molecule has 3 N–H and O–H groups in total. The average Bonchev–Trinajstić information content (AvgIpc) is 3.11. The van der Waals surface area contributed by atoms with Crippen LogP contribution < -0.4 is 16.2 Å². The summed E-state index contributed by atoms with van der Waals surface area (Å²) in [5.74, 6) is -1.11. The molecule has 3 aromatic rings. The van der Waals surface area contributed by atoms with Crippen LogP contribution >= 0.6 is 12.2 Å². The molecule has 1 amide bonds. The minimum Gasteiger partial charge on any atom is -0.331 e. The molecule has 3 rings (SSSR count). The second-order valence-corrected chi connectivity index (χ2v) is 5.24. The Kier molecular flexibility index (Phi) is 4.95. The Bertz CT molecular complexity index is 883. The van der Waals surface area contributed by atoms with Gasteiger partial charge in [0.2, 0.25) is 5.82 Å². The number of hydrogen-bond donors (Lipinski definition) is 3. The third-order valence-corrected chi connectivity index (χ3v) is 3.25. The van der Waals surface area contributed by atoms with Crippen LogP contribution in [0.3, 0.4) is 0 Å². The van der Waals surface area contributed by atoms with Crippen molar-refractivity contribution < 1.29 is 13.7 Å². The second kappa shape index (κ2) is 7.49. The van der Waals surface area contributed by atoms with Crippen LogP contribution in [0, 0.1) is 5.82 Å². The summed E-state index contributed by atoms with van der Waals surface area (Å²) in [5.41, 5.74) is 6.17. The van der Waals surface area contributed by atoms with Gasteiger partial charge in [-0.05, 0) is 48.6 Å². The van der Waals surface area contributed by atoms with Gasteiger partial charge in [0.25, 0.3) is 0 Å². The zero-order valence-electron chi connectivity index (χ0n) is 12.7. The largest absolute Gasteiger partial charge is 0.331 e. The topological polar surface area (TPSA) is 92.1 Å². The number of hydrazine groups is 1. The summed E-state index contributed by atoms with van der Waals surface area (Å²) < 4.78 is 17.8. The summed E-state index contributed by atoms with van der Waals surface area (Å²) in [6.45, 7) is 0. The highest BCUT2D eigenvalue weighted by molar-refractivity contribution is 7.80. The van der Waals surface area contributed by atoms with Crippen molar-refractivity contribution in [2.45, 2.75) is 0 Å². The molecule has 126 valence electrons. The van der Waals surface area contributed by atoms with Crippen LogP contribution in [0.15, 0.2) is 59.1 Å². The van der Waals surface area contributed by atoms with Crippen molar-refractivity contribution in [1.82, 2.24) is 21.0 Å². The Hall–Kier alpha value is -3.33. The van der Waals surface area contributed by atoms with Crippen molar-refractivity contribution in [2.24, 2.45) is 0 Å². The molecule has 1 aromatic heterocycles. The molecule has 0 aliphatic heterocycles. The van der Waals surface area contributed by atoms with E-state index in [-0.39, 0.29) is 22.6 Å². The molecule has 0 radical (unpaired) electrons. The number of carbonyl (C=O) groups excluding carboxylic acids is 1. The van der Waals surface area contributed by atoms with Crippen LogP contribution in [0.5, 0.6) is 0 Å². The summed E-state index contributed by atoms with van der Waals surface area (Å²) >= 11 is 5.06. The van der Waals surface area contributed by atoms with Gasteiger partial charge in [0.1, 0.15) is 5.82 Å². The van der Waals surface area contributed by atoms with Crippen molar-refractivity contribution in [3.63, 3.8) is 0 Å². The SMILES string of the molecule is O=C(NNC(=S)Nc1ccccc1)c1nc(-c2ccc(F)cc2)no1. The van der Waals surface area contributed by atoms with Crippen LogP contribution in [0.2, 0.25) is 0 Å². The van der Waals surface area contributed by atoms with Crippen LogP contribution in [-0.2, 0) is 0 Å². The van der Waals surface area contributed by atoms with Crippen molar-refractivity contribution in [3.8, 4) is 11.4 Å². The number of anilines is 1. The molecule has 1 heterocycles. The molecule has 0 saturated carbocycles. The monoisotopic (exact) mass is 357 g/mol. The first kappa shape index (κ1) is 16.5. The highest BCUT2D eigenvalue weighted by Crippen LogP contribution is 2.15. The van der Waals surface area contributed by atoms with E-state index in [1.54, 1.807) is 0 Å². The van der Waals surface area contributed by atoms with Gasteiger partial charge >= 0.3 is 11.8 Å². The van der Waals surface area contributed by atoms with Crippen molar-refractivity contribution in [2.75, 3.05) is 5.32 Å². The maximum absolute atomic E-state index is 12.9. The molecule has 0 saturated heterocycles. The molecular formula is C16H12FN5O2S. The number of nitrogens with one attached hydrogen (secondary N) is 3. The predicted octanol–water partition coefficient (Wildman–Crippen LogP) is 2.51.